The first-order valence-corrected chi connectivity index (χ1v) is 8.33. The molecule has 0 fully saturated rings. The number of rotatable bonds is 3. The second-order valence-corrected chi connectivity index (χ2v) is 6.22. The molecule has 0 bridgehead atoms. The molecule has 0 unspecified atom stereocenters. The van der Waals surface area contributed by atoms with E-state index < -0.39 is 21.8 Å². The largest absolute Gasteiger partial charge is 0.367 e. The Morgan fingerprint density at radius 2 is 1.77 bits per heavy atom. The molecule has 0 spiro atoms. The predicted molar refractivity (Wildman–Crippen MR) is 91.5 cm³/mol. The zero-order valence-corrected chi connectivity index (χ0v) is 14.3. The van der Waals surface area contributed by atoms with Crippen molar-refractivity contribution in [1.82, 2.24) is 5.48 Å². The van der Waals surface area contributed by atoms with E-state index in [0.29, 0.717) is 5.56 Å². The molecule has 0 saturated heterocycles. The van der Waals surface area contributed by atoms with E-state index >= 15 is 0 Å². The maximum Gasteiger partial charge on any atom is 0.294 e. The number of hydroxylamine groups is 1. The van der Waals surface area contributed by atoms with Gasteiger partial charge in [-0.05, 0) is 36.8 Å². The Hall–Kier alpha value is -2.89. The Balaban J connectivity index is 0.000000273. The highest BCUT2D eigenvalue weighted by Crippen LogP contribution is 2.08. The van der Waals surface area contributed by atoms with Crippen LogP contribution < -0.4 is 11.2 Å². The summed E-state index contributed by atoms with van der Waals surface area (Å²) in [7, 11) is -4.02. The number of hydrogen-bond acceptors (Lipinski definition) is 5. The predicted octanol–water partition coefficient (Wildman–Crippen LogP) is 1.83. The lowest BCUT2D eigenvalue weighted by Crippen LogP contribution is -2.27. The minimum atomic E-state index is -4.02. The molecule has 0 saturated carbocycles. The molecule has 0 amide bonds. The van der Waals surface area contributed by atoms with Gasteiger partial charge in [-0.2, -0.15) is 13.5 Å². The van der Waals surface area contributed by atoms with Crippen LogP contribution in [0, 0.1) is 18.6 Å². The Morgan fingerprint density at radius 1 is 1.15 bits per heavy atom. The molecule has 26 heavy (non-hydrogen) atoms. The summed E-state index contributed by atoms with van der Waals surface area (Å²) in [6.07, 6.45) is 1.16. The molecule has 2 rings (SSSR count). The van der Waals surface area contributed by atoms with Crippen LogP contribution in [0.15, 0.2) is 57.6 Å². The molecular weight excluding hydrogens is 370 g/mol. The van der Waals surface area contributed by atoms with E-state index in [4.69, 9.17) is 15.5 Å². The monoisotopic (exact) mass is 386 g/mol. The molecular formula is C15H16F2N4O4S. The summed E-state index contributed by atoms with van der Waals surface area (Å²) in [6, 6.07) is 9.23. The number of aryl methyl sites for hydroxylation is 1. The molecule has 11 heteroatoms. The van der Waals surface area contributed by atoms with Gasteiger partial charge in [0.2, 0.25) is 5.96 Å². The third-order valence-corrected chi connectivity index (χ3v) is 3.62. The second-order valence-electron chi connectivity index (χ2n) is 4.80. The standard InChI is InChI=1S/C8H8F2N4O.C7H8O3S/c9-6-2-1-5(3-7(6)10)4-12-13-8(11)14-15;1-6-2-4-7(5-3-6)11(8,9)10/h1-4,15H,(H3,11,13,14);2-5H,1H3,(H,8,9,10). The van der Waals surface area contributed by atoms with E-state index in [-0.39, 0.29) is 10.9 Å². The molecule has 0 heterocycles. The van der Waals surface area contributed by atoms with E-state index in [0.717, 1.165) is 23.9 Å². The first kappa shape index (κ1) is 21.2. The van der Waals surface area contributed by atoms with Crippen molar-refractivity contribution in [2.45, 2.75) is 11.8 Å². The van der Waals surface area contributed by atoms with Crippen LogP contribution in [-0.4, -0.2) is 30.4 Å². The number of nitrogens with zero attached hydrogens (tertiary/aromatic N) is 2. The number of benzene rings is 2. The molecule has 2 aromatic carbocycles. The van der Waals surface area contributed by atoms with Gasteiger partial charge in [-0.1, -0.05) is 23.8 Å². The van der Waals surface area contributed by atoms with E-state index in [1.54, 1.807) is 17.6 Å². The van der Waals surface area contributed by atoms with Gasteiger partial charge in [-0.3, -0.25) is 9.76 Å². The van der Waals surface area contributed by atoms with E-state index in [1.165, 1.54) is 18.2 Å². The normalized spacial score (nSPS) is 11.8. The number of guanidine groups is 1. The van der Waals surface area contributed by atoms with Crippen molar-refractivity contribution in [3.8, 4) is 0 Å². The van der Waals surface area contributed by atoms with Gasteiger partial charge in [0.15, 0.2) is 11.6 Å². The first-order valence-electron chi connectivity index (χ1n) is 6.89. The van der Waals surface area contributed by atoms with Gasteiger partial charge in [0.25, 0.3) is 10.1 Å². The van der Waals surface area contributed by atoms with Gasteiger partial charge in [-0.15, -0.1) is 5.10 Å². The fourth-order valence-electron chi connectivity index (χ4n) is 1.48. The van der Waals surface area contributed by atoms with Gasteiger partial charge < -0.3 is 5.73 Å². The van der Waals surface area contributed by atoms with Crippen LogP contribution >= 0.6 is 0 Å². The highest BCUT2D eigenvalue weighted by atomic mass is 32.2. The maximum absolute atomic E-state index is 12.7. The summed E-state index contributed by atoms with van der Waals surface area (Å²) in [6.45, 7) is 1.84. The van der Waals surface area contributed by atoms with Crippen LogP contribution in [-0.2, 0) is 10.1 Å². The highest BCUT2D eigenvalue weighted by molar-refractivity contribution is 7.85. The molecule has 140 valence electrons. The summed E-state index contributed by atoms with van der Waals surface area (Å²) in [5.41, 5.74) is 7.86. The molecule has 8 nitrogen and oxygen atoms in total. The minimum Gasteiger partial charge on any atom is -0.367 e. The van der Waals surface area contributed by atoms with E-state index in [1.807, 2.05) is 6.92 Å². The Bertz CT molecular complexity index is 900. The van der Waals surface area contributed by atoms with E-state index in [9.17, 15) is 17.2 Å². The zero-order valence-electron chi connectivity index (χ0n) is 13.5. The molecule has 2 aromatic rings. The fourth-order valence-corrected chi connectivity index (χ4v) is 1.96. The van der Waals surface area contributed by atoms with Crippen molar-refractivity contribution in [2.24, 2.45) is 15.9 Å². The summed E-state index contributed by atoms with van der Waals surface area (Å²) < 4.78 is 54.7. The topological polar surface area (TPSA) is 137 Å². The van der Waals surface area contributed by atoms with Gasteiger partial charge >= 0.3 is 0 Å². The lowest BCUT2D eigenvalue weighted by molar-refractivity contribution is 0.232. The van der Waals surface area contributed by atoms with E-state index in [2.05, 4.69) is 10.2 Å². The number of hydrogen-bond donors (Lipinski definition) is 4. The second kappa shape index (κ2) is 9.56. The van der Waals surface area contributed by atoms with Gasteiger partial charge in [0.05, 0.1) is 11.1 Å². The van der Waals surface area contributed by atoms with Gasteiger partial charge in [0.1, 0.15) is 0 Å². The number of halogens is 2. The number of nitrogens with two attached hydrogens (primary N) is 1. The summed E-state index contributed by atoms with van der Waals surface area (Å²) in [5, 5.41) is 14.9. The summed E-state index contributed by atoms with van der Waals surface area (Å²) in [5.74, 6) is -2.22. The molecule has 0 aliphatic rings. The SMILES string of the molecule is Cc1ccc(S(=O)(=O)O)cc1.NC(=NN=Cc1ccc(F)c(F)c1)NO. The Morgan fingerprint density at radius 3 is 2.27 bits per heavy atom. The number of nitrogens with one attached hydrogen (secondary N) is 1. The van der Waals surface area contributed by atoms with Crippen LogP contribution in [0.3, 0.4) is 0 Å². The van der Waals surface area contributed by atoms with Gasteiger partial charge in [0, 0.05) is 0 Å². The zero-order chi connectivity index (χ0) is 19.7. The van der Waals surface area contributed by atoms with Crippen molar-refractivity contribution in [3.05, 3.63) is 65.2 Å². The molecule has 0 aliphatic carbocycles. The van der Waals surface area contributed by atoms with Crippen molar-refractivity contribution < 1.29 is 27.0 Å². The fraction of sp³-hybridized carbons (Fsp3) is 0.0667. The van der Waals surface area contributed by atoms with Crippen LogP contribution in [0.2, 0.25) is 0 Å². The Kier molecular flexibility index (Phi) is 7.77. The average molecular weight is 386 g/mol. The smallest absolute Gasteiger partial charge is 0.294 e. The minimum absolute atomic E-state index is 0.0666. The summed E-state index contributed by atoms with van der Waals surface area (Å²) >= 11 is 0. The Labute approximate surface area is 148 Å². The molecule has 0 aromatic heterocycles. The third kappa shape index (κ3) is 7.34. The first-order chi connectivity index (χ1) is 12.1. The lowest BCUT2D eigenvalue weighted by Gasteiger charge is -1.95. The van der Waals surface area contributed by atoms with Crippen LogP contribution in [0.1, 0.15) is 11.1 Å². The van der Waals surface area contributed by atoms with Crippen molar-refractivity contribution in [2.75, 3.05) is 0 Å². The van der Waals surface area contributed by atoms with Crippen molar-refractivity contribution >= 4 is 22.3 Å². The quantitative estimate of drug-likeness (QED) is 0.275. The average Bonchev–Trinajstić information content (AvgIpc) is 2.58. The maximum atomic E-state index is 12.7. The van der Waals surface area contributed by atoms with Crippen LogP contribution in [0.4, 0.5) is 8.78 Å². The van der Waals surface area contributed by atoms with Crippen LogP contribution in [0.25, 0.3) is 0 Å². The van der Waals surface area contributed by atoms with Crippen molar-refractivity contribution in [1.29, 1.82) is 0 Å². The lowest BCUT2D eigenvalue weighted by atomic mass is 10.2. The van der Waals surface area contributed by atoms with Crippen LogP contribution in [0.5, 0.6) is 0 Å². The molecule has 0 atom stereocenters. The van der Waals surface area contributed by atoms with Crippen molar-refractivity contribution in [3.63, 3.8) is 0 Å². The molecule has 0 aliphatic heterocycles. The molecule has 0 radical (unpaired) electrons. The third-order valence-electron chi connectivity index (χ3n) is 2.75. The summed E-state index contributed by atoms with van der Waals surface area (Å²) in [4.78, 5) is -0.0666. The highest BCUT2D eigenvalue weighted by Gasteiger charge is 2.06. The van der Waals surface area contributed by atoms with Gasteiger partial charge in [-0.25, -0.2) is 14.3 Å². The molecule has 5 N–H and O–H groups in total.